The van der Waals surface area contributed by atoms with Crippen LogP contribution in [0, 0.1) is 0 Å². The molecule has 1 aromatic rings. The molecule has 5 nitrogen and oxygen atoms in total. The van der Waals surface area contributed by atoms with Crippen LogP contribution < -0.4 is 0 Å². The molecule has 0 unspecified atom stereocenters. The molecule has 0 radical (unpaired) electrons. The first-order chi connectivity index (χ1) is 9.92. The molecule has 1 aromatic heterocycles. The lowest BCUT2D eigenvalue weighted by Crippen LogP contribution is -2.22. The maximum Gasteiger partial charge on any atom is 0.341 e. The van der Waals surface area contributed by atoms with E-state index in [-0.39, 0.29) is 5.97 Å². The largest absolute Gasteiger partial charge is 0.462 e. The van der Waals surface area contributed by atoms with Crippen molar-refractivity contribution in [3.63, 3.8) is 0 Å². The molecular weight excluding hydrogens is 284 g/mol. The molecule has 0 amide bonds. The smallest absolute Gasteiger partial charge is 0.341 e. The predicted octanol–water partition coefficient (Wildman–Crippen LogP) is 3.25. The van der Waals surface area contributed by atoms with Gasteiger partial charge in [0.1, 0.15) is 12.3 Å². The van der Waals surface area contributed by atoms with E-state index in [0.29, 0.717) is 24.8 Å². The molecule has 1 fully saturated rings. The maximum atomic E-state index is 12.0. The molecule has 1 aliphatic carbocycles. The summed E-state index contributed by atoms with van der Waals surface area (Å²) in [6, 6.07) is 1.14. The van der Waals surface area contributed by atoms with Crippen LogP contribution >= 0.6 is 0 Å². The van der Waals surface area contributed by atoms with Gasteiger partial charge in [0.2, 0.25) is 0 Å². The van der Waals surface area contributed by atoms with Crippen molar-refractivity contribution in [2.45, 2.75) is 58.1 Å². The summed E-state index contributed by atoms with van der Waals surface area (Å²) in [6.07, 6.45) is 3.85. The van der Waals surface area contributed by atoms with E-state index in [9.17, 15) is 4.79 Å². The Bertz CT molecular complexity index is 490. The average molecular weight is 310 g/mol. The zero-order chi connectivity index (χ0) is 15.5. The Kier molecular flexibility index (Phi) is 5.21. The number of carbonyl (C=O) groups is 1. The maximum absolute atomic E-state index is 12.0. The molecule has 6 heteroatoms. The molecule has 1 aliphatic rings. The molecule has 0 N–H and O–H groups in total. The number of nitrogens with zero attached hydrogens (tertiary/aromatic N) is 2. The summed E-state index contributed by atoms with van der Waals surface area (Å²) in [5, 5.41) is 4.32. The number of rotatable bonds is 8. The van der Waals surface area contributed by atoms with Gasteiger partial charge in [-0.3, -0.25) is 0 Å². The van der Waals surface area contributed by atoms with Crippen LogP contribution in [0.3, 0.4) is 0 Å². The van der Waals surface area contributed by atoms with Crippen molar-refractivity contribution in [1.82, 2.24) is 9.78 Å². The fourth-order valence-corrected chi connectivity index (χ4v) is 2.94. The van der Waals surface area contributed by atoms with Gasteiger partial charge in [-0.25, -0.2) is 9.48 Å². The Morgan fingerprint density at radius 2 is 2.14 bits per heavy atom. The van der Waals surface area contributed by atoms with Crippen LogP contribution in [-0.4, -0.2) is 37.0 Å². The standard InChI is InChI=1S/C15H26N2O3Si/c1-5-20-15(18)13-10-16-17(14(13)12-6-7-12)11-19-8-9-21(2,3)4/h10,12H,5-9,11H2,1-4H3. The second-order valence-corrected chi connectivity index (χ2v) is 12.4. The molecular formula is C15H26N2O3Si. The SMILES string of the molecule is CCOC(=O)c1cnn(COCC[Si](C)(C)C)c1C1CC1. The monoisotopic (exact) mass is 310 g/mol. The highest BCUT2D eigenvalue weighted by Gasteiger charge is 2.33. The molecule has 118 valence electrons. The quantitative estimate of drug-likeness (QED) is 0.420. The van der Waals surface area contributed by atoms with E-state index in [1.165, 1.54) is 0 Å². The first kappa shape index (κ1) is 16.2. The molecule has 0 spiro atoms. The summed E-state index contributed by atoms with van der Waals surface area (Å²) in [6.45, 7) is 10.4. The van der Waals surface area contributed by atoms with Gasteiger partial charge < -0.3 is 9.47 Å². The first-order valence-electron chi connectivity index (χ1n) is 7.73. The highest BCUT2D eigenvalue weighted by Crippen LogP contribution is 2.41. The zero-order valence-corrected chi connectivity index (χ0v) is 14.5. The number of ether oxygens (including phenoxy) is 2. The normalized spacial score (nSPS) is 15.2. The highest BCUT2D eigenvalue weighted by atomic mass is 28.3. The van der Waals surface area contributed by atoms with Gasteiger partial charge in [-0.15, -0.1) is 0 Å². The van der Waals surface area contributed by atoms with Gasteiger partial charge in [0.25, 0.3) is 0 Å². The summed E-state index contributed by atoms with van der Waals surface area (Å²) in [5.41, 5.74) is 1.59. The van der Waals surface area contributed by atoms with E-state index in [4.69, 9.17) is 9.47 Å². The fourth-order valence-electron chi connectivity index (χ4n) is 2.18. The van der Waals surface area contributed by atoms with Gasteiger partial charge in [0, 0.05) is 20.6 Å². The van der Waals surface area contributed by atoms with Crippen LogP contribution in [0.25, 0.3) is 0 Å². The molecule has 0 aromatic carbocycles. The Morgan fingerprint density at radius 3 is 2.71 bits per heavy atom. The van der Waals surface area contributed by atoms with E-state index < -0.39 is 8.07 Å². The van der Waals surface area contributed by atoms with Crippen molar-refractivity contribution in [2.75, 3.05) is 13.2 Å². The minimum Gasteiger partial charge on any atom is -0.462 e. The third-order valence-corrected chi connectivity index (χ3v) is 5.25. The van der Waals surface area contributed by atoms with Crippen molar-refractivity contribution in [3.05, 3.63) is 17.5 Å². The topological polar surface area (TPSA) is 53.3 Å². The lowest BCUT2D eigenvalue weighted by molar-refractivity contribution is 0.0522. The van der Waals surface area contributed by atoms with Gasteiger partial charge in [-0.05, 0) is 25.8 Å². The van der Waals surface area contributed by atoms with Crippen LogP contribution in [-0.2, 0) is 16.2 Å². The van der Waals surface area contributed by atoms with Crippen molar-refractivity contribution >= 4 is 14.0 Å². The second-order valence-electron chi connectivity index (χ2n) is 6.79. The zero-order valence-electron chi connectivity index (χ0n) is 13.5. The van der Waals surface area contributed by atoms with Crippen molar-refractivity contribution in [3.8, 4) is 0 Å². The lowest BCUT2D eigenvalue weighted by atomic mass is 10.2. The average Bonchev–Trinajstić information content (AvgIpc) is 3.14. The van der Waals surface area contributed by atoms with Gasteiger partial charge in [0.05, 0.1) is 18.5 Å². The Hall–Kier alpha value is -1.14. The van der Waals surface area contributed by atoms with E-state index in [1.54, 1.807) is 6.20 Å². The first-order valence-corrected chi connectivity index (χ1v) is 11.4. The third kappa shape index (κ3) is 4.67. The Balaban J connectivity index is 1.98. The van der Waals surface area contributed by atoms with Crippen LogP contribution in [0.4, 0.5) is 0 Å². The summed E-state index contributed by atoms with van der Waals surface area (Å²) < 4.78 is 12.7. The molecule has 21 heavy (non-hydrogen) atoms. The second kappa shape index (κ2) is 6.75. The minimum atomic E-state index is -1.07. The van der Waals surface area contributed by atoms with Gasteiger partial charge in [-0.2, -0.15) is 5.10 Å². The van der Waals surface area contributed by atoms with Crippen LogP contribution in [0.1, 0.15) is 41.7 Å². The number of hydrogen-bond donors (Lipinski definition) is 0. The van der Waals surface area contributed by atoms with E-state index in [1.807, 2.05) is 11.6 Å². The van der Waals surface area contributed by atoms with Crippen LogP contribution in [0.15, 0.2) is 6.20 Å². The van der Waals surface area contributed by atoms with Crippen LogP contribution in [0.5, 0.6) is 0 Å². The Labute approximate surface area is 127 Å². The number of hydrogen-bond acceptors (Lipinski definition) is 4. The third-order valence-electron chi connectivity index (χ3n) is 3.55. The van der Waals surface area contributed by atoms with Crippen molar-refractivity contribution in [2.24, 2.45) is 0 Å². The van der Waals surface area contributed by atoms with Gasteiger partial charge in [-0.1, -0.05) is 19.6 Å². The van der Waals surface area contributed by atoms with Crippen molar-refractivity contribution < 1.29 is 14.3 Å². The van der Waals surface area contributed by atoms with E-state index >= 15 is 0 Å². The minimum absolute atomic E-state index is 0.271. The molecule has 2 rings (SSSR count). The van der Waals surface area contributed by atoms with E-state index in [2.05, 4.69) is 24.7 Å². The molecule has 0 aliphatic heterocycles. The van der Waals surface area contributed by atoms with E-state index in [0.717, 1.165) is 31.2 Å². The Morgan fingerprint density at radius 1 is 1.43 bits per heavy atom. The molecule has 0 atom stereocenters. The van der Waals surface area contributed by atoms with Gasteiger partial charge >= 0.3 is 5.97 Å². The summed E-state index contributed by atoms with van der Waals surface area (Å²) in [4.78, 5) is 12.0. The molecule has 0 saturated heterocycles. The van der Waals surface area contributed by atoms with Gasteiger partial charge in [0.15, 0.2) is 0 Å². The molecule has 0 bridgehead atoms. The highest BCUT2D eigenvalue weighted by molar-refractivity contribution is 6.76. The fraction of sp³-hybridized carbons (Fsp3) is 0.733. The number of esters is 1. The summed E-state index contributed by atoms with van der Waals surface area (Å²) in [5.74, 6) is 0.167. The molecule has 1 heterocycles. The molecule has 1 saturated carbocycles. The number of carbonyl (C=O) groups excluding carboxylic acids is 1. The predicted molar refractivity (Wildman–Crippen MR) is 84.3 cm³/mol. The number of aromatic nitrogens is 2. The van der Waals surface area contributed by atoms with Crippen LogP contribution in [0.2, 0.25) is 25.7 Å². The summed E-state index contributed by atoms with van der Waals surface area (Å²) >= 11 is 0. The summed E-state index contributed by atoms with van der Waals surface area (Å²) in [7, 11) is -1.07. The van der Waals surface area contributed by atoms with Crippen molar-refractivity contribution in [1.29, 1.82) is 0 Å². The lowest BCUT2D eigenvalue weighted by Gasteiger charge is -2.16.